The second-order valence-electron chi connectivity index (χ2n) is 5.36. The maximum absolute atomic E-state index is 12.0. The zero-order chi connectivity index (χ0) is 16.4. The Morgan fingerprint density at radius 1 is 1.26 bits per heavy atom. The Hall–Kier alpha value is -1.98. The van der Waals surface area contributed by atoms with Crippen LogP contribution >= 0.6 is 23.4 Å². The molecular weight excluding hydrogens is 330 g/mol. The van der Waals surface area contributed by atoms with E-state index in [4.69, 9.17) is 11.6 Å². The lowest BCUT2D eigenvalue weighted by Crippen LogP contribution is -2.14. The standard InChI is InChI=1S/C17H16ClN3OS/c1-10-3-6-14-15(7-10)21-17(20-14)23-9-16(22)19-12-5-4-11(2)13(18)8-12/h3-8H,9H2,1-2H3,(H,19,22)(H,20,21). The third-order valence-electron chi connectivity index (χ3n) is 3.41. The molecule has 0 radical (unpaired) electrons. The number of aryl methyl sites for hydroxylation is 2. The van der Waals surface area contributed by atoms with Gasteiger partial charge in [0.25, 0.3) is 0 Å². The number of rotatable bonds is 4. The maximum atomic E-state index is 12.0. The van der Waals surface area contributed by atoms with Gasteiger partial charge in [-0.2, -0.15) is 0 Å². The van der Waals surface area contributed by atoms with Crippen molar-refractivity contribution >= 4 is 46.0 Å². The molecule has 1 amide bonds. The number of imidazole rings is 1. The zero-order valence-electron chi connectivity index (χ0n) is 12.8. The monoisotopic (exact) mass is 345 g/mol. The summed E-state index contributed by atoms with van der Waals surface area (Å²) in [6, 6.07) is 11.5. The summed E-state index contributed by atoms with van der Waals surface area (Å²) >= 11 is 7.43. The Bertz CT molecular complexity index is 875. The number of carbonyl (C=O) groups is 1. The van der Waals surface area contributed by atoms with Crippen LogP contribution in [0.25, 0.3) is 11.0 Å². The molecule has 2 N–H and O–H groups in total. The smallest absolute Gasteiger partial charge is 0.234 e. The van der Waals surface area contributed by atoms with E-state index in [-0.39, 0.29) is 11.7 Å². The van der Waals surface area contributed by atoms with Gasteiger partial charge in [0.05, 0.1) is 16.8 Å². The van der Waals surface area contributed by atoms with Crippen molar-refractivity contribution in [1.82, 2.24) is 9.97 Å². The first-order valence-electron chi connectivity index (χ1n) is 7.16. The molecule has 1 aromatic heterocycles. The number of halogens is 1. The van der Waals surface area contributed by atoms with Crippen molar-refractivity contribution in [3.63, 3.8) is 0 Å². The Kier molecular flexibility index (Phi) is 4.59. The quantitative estimate of drug-likeness (QED) is 0.681. The Morgan fingerprint density at radius 3 is 2.87 bits per heavy atom. The van der Waals surface area contributed by atoms with Crippen LogP contribution in [0, 0.1) is 13.8 Å². The number of thioether (sulfide) groups is 1. The van der Waals surface area contributed by atoms with E-state index < -0.39 is 0 Å². The molecule has 1 heterocycles. The Labute approximate surface area is 143 Å². The number of hydrogen-bond acceptors (Lipinski definition) is 3. The van der Waals surface area contributed by atoms with E-state index in [1.165, 1.54) is 17.3 Å². The van der Waals surface area contributed by atoms with Gasteiger partial charge in [-0.3, -0.25) is 4.79 Å². The van der Waals surface area contributed by atoms with Crippen LogP contribution in [0.15, 0.2) is 41.6 Å². The summed E-state index contributed by atoms with van der Waals surface area (Å²) in [6.07, 6.45) is 0. The lowest BCUT2D eigenvalue weighted by molar-refractivity contribution is -0.113. The van der Waals surface area contributed by atoms with Gasteiger partial charge in [-0.15, -0.1) is 0 Å². The number of aromatic nitrogens is 2. The zero-order valence-corrected chi connectivity index (χ0v) is 14.4. The SMILES string of the molecule is Cc1ccc2nc(SCC(=O)Nc3ccc(C)c(Cl)c3)[nH]c2c1. The van der Waals surface area contributed by atoms with Crippen LogP contribution in [0.5, 0.6) is 0 Å². The highest BCUT2D eigenvalue weighted by molar-refractivity contribution is 7.99. The van der Waals surface area contributed by atoms with Crippen LogP contribution in [-0.4, -0.2) is 21.6 Å². The molecule has 6 heteroatoms. The van der Waals surface area contributed by atoms with Gasteiger partial charge < -0.3 is 10.3 Å². The second kappa shape index (κ2) is 6.64. The number of nitrogens with one attached hydrogen (secondary N) is 2. The number of fused-ring (bicyclic) bond motifs is 1. The number of anilines is 1. The number of aromatic amines is 1. The van der Waals surface area contributed by atoms with Crippen LogP contribution in [-0.2, 0) is 4.79 Å². The molecule has 3 rings (SSSR count). The van der Waals surface area contributed by atoms with Crippen molar-refractivity contribution in [3.05, 3.63) is 52.5 Å². The number of hydrogen-bond donors (Lipinski definition) is 2. The molecule has 0 saturated heterocycles. The molecule has 0 bridgehead atoms. The predicted molar refractivity (Wildman–Crippen MR) is 96.4 cm³/mol. The van der Waals surface area contributed by atoms with E-state index >= 15 is 0 Å². The molecule has 0 atom stereocenters. The van der Waals surface area contributed by atoms with Gasteiger partial charge in [-0.1, -0.05) is 35.5 Å². The minimum absolute atomic E-state index is 0.0912. The molecule has 4 nitrogen and oxygen atoms in total. The number of carbonyl (C=O) groups excluding carboxylic acids is 1. The summed E-state index contributed by atoms with van der Waals surface area (Å²) in [5, 5.41) is 4.22. The van der Waals surface area contributed by atoms with E-state index in [0.717, 1.165) is 21.8 Å². The topological polar surface area (TPSA) is 57.8 Å². The Morgan fingerprint density at radius 2 is 2.09 bits per heavy atom. The minimum Gasteiger partial charge on any atom is -0.333 e. The van der Waals surface area contributed by atoms with Gasteiger partial charge in [0.2, 0.25) is 5.91 Å². The van der Waals surface area contributed by atoms with Crippen molar-refractivity contribution in [1.29, 1.82) is 0 Å². The Balaban J connectivity index is 1.62. The third-order valence-corrected chi connectivity index (χ3v) is 4.69. The van der Waals surface area contributed by atoms with Gasteiger partial charge in [-0.25, -0.2) is 4.98 Å². The molecule has 0 aliphatic carbocycles. The maximum Gasteiger partial charge on any atom is 0.234 e. The molecule has 23 heavy (non-hydrogen) atoms. The molecular formula is C17H16ClN3OS. The van der Waals surface area contributed by atoms with Crippen LogP contribution in [0.2, 0.25) is 5.02 Å². The summed E-state index contributed by atoms with van der Waals surface area (Å²) in [4.78, 5) is 19.7. The summed E-state index contributed by atoms with van der Waals surface area (Å²) in [6.45, 7) is 3.96. The molecule has 0 fully saturated rings. The molecule has 0 unspecified atom stereocenters. The van der Waals surface area contributed by atoms with Crippen molar-refractivity contribution < 1.29 is 4.79 Å². The average Bonchev–Trinajstić information content (AvgIpc) is 2.91. The van der Waals surface area contributed by atoms with Crippen LogP contribution in [0.3, 0.4) is 0 Å². The van der Waals surface area contributed by atoms with Crippen LogP contribution in [0.4, 0.5) is 5.69 Å². The summed E-state index contributed by atoms with van der Waals surface area (Å²) in [5.74, 6) is 0.191. The third kappa shape index (κ3) is 3.86. The summed E-state index contributed by atoms with van der Waals surface area (Å²) in [7, 11) is 0. The molecule has 2 aromatic carbocycles. The number of nitrogens with zero attached hydrogens (tertiary/aromatic N) is 1. The number of H-pyrrole nitrogens is 1. The summed E-state index contributed by atoms with van der Waals surface area (Å²) < 4.78 is 0. The predicted octanol–water partition coefficient (Wildman–Crippen LogP) is 4.56. The normalized spacial score (nSPS) is 10.9. The van der Waals surface area contributed by atoms with Crippen molar-refractivity contribution in [2.45, 2.75) is 19.0 Å². The van der Waals surface area contributed by atoms with Gasteiger partial charge >= 0.3 is 0 Å². The lowest BCUT2D eigenvalue weighted by Gasteiger charge is -2.06. The summed E-state index contributed by atoms with van der Waals surface area (Å²) in [5.41, 5.74) is 4.75. The molecule has 0 spiro atoms. The highest BCUT2D eigenvalue weighted by Crippen LogP contribution is 2.22. The fourth-order valence-corrected chi connectivity index (χ4v) is 3.04. The van der Waals surface area contributed by atoms with E-state index in [0.29, 0.717) is 10.7 Å². The highest BCUT2D eigenvalue weighted by atomic mass is 35.5. The lowest BCUT2D eigenvalue weighted by atomic mass is 10.2. The molecule has 0 aliphatic heterocycles. The molecule has 0 aliphatic rings. The first-order valence-corrected chi connectivity index (χ1v) is 8.53. The van der Waals surface area contributed by atoms with Gasteiger partial charge in [-0.05, 0) is 49.2 Å². The van der Waals surface area contributed by atoms with Gasteiger partial charge in [0.1, 0.15) is 0 Å². The van der Waals surface area contributed by atoms with Gasteiger partial charge in [0, 0.05) is 10.7 Å². The highest BCUT2D eigenvalue weighted by Gasteiger charge is 2.08. The molecule has 3 aromatic rings. The average molecular weight is 346 g/mol. The van der Waals surface area contributed by atoms with Crippen LogP contribution < -0.4 is 5.32 Å². The largest absolute Gasteiger partial charge is 0.333 e. The van der Waals surface area contributed by atoms with E-state index in [1.54, 1.807) is 6.07 Å². The molecule has 118 valence electrons. The molecule has 0 saturated carbocycles. The van der Waals surface area contributed by atoms with Crippen LogP contribution in [0.1, 0.15) is 11.1 Å². The van der Waals surface area contributed by atoms with Crippen molar-refractivity contribution in [2.24, 2.45) is 0 Å². The number of amides is 1. The number of benzene rings is 2. The minimum atomic E-state index is -0.0912. The first-order chi connectivity index (χ1) is 11.0. The second-order valence-corrected chi connectivity index (χ2v) is 6.73. The van der Waals surface area contributed by atoms with Crippen molar-refractivity contribution in [3.8, 4) is 0 Å². The first kappa shape index (κ1) is 15.9. The van der Waals surface area contributed by atoms with E-state index in [9.17, 15) is 4.79 Å². The van der Waals surface area contributed by atoms with Crippen molar-refractivity contribution in [2.75, 3.05) is 11.1 Å². The van der Waals surface area contributed by atoms with Gasteiger partial charge in [0.15, 0.2) is 5.16 Å². The fraction of sp³-hybridized carbons (Fsp3) is 0.176. The van der Waals surface area contributed by atoms with E-state index in [2.05, 4.69) is 15.3 Å². The van der Waals surface area contributed by atoms with E-state index in [1.807, 2.05) is 44.2 Å². The fourth-order valence-electron chi connectivity index (χ4n) is 2.17.